The molecule has 0 unspecified atom stereocenters. The van der Waals surface area contributed by atoms with Crippen molar-refractivity contribution in [1.82, 2.24) is 14.5 Å². The van der Waals surface area contributed by atoms with Crippen molar-refractivity contribution in [3.05, 3.63) is 66.0 Å². The van der Waals surface area contributed by atoms with Crippen LogP contribution < -0.4 is 16.4 Å². The second-order valence-electron chi connectivity index (χ2n) is 10.2. The number of nitrogens with one attached hydrogen (secondary N) is 2. The maximum atomic E-state index is 13.3. The number of anilines is 1. The lowest BCUT2D eigenvalue weighted by molar-refractivity contribution is -0.126. The average molecular weight is 562 g/mol. The molecule has 39 heavy (non-hydrogen) atoms. The van der Waals surface area contributed by atoms with Gasteiger partial charge in [0.2, 0.25) is 21.8 Å². The van der Waals surface area contributed by atoms with Crippen molar-refractivity contribution in [1.29, 1.82) is 0 Å². The van der Waals surface area contributed by atoms with Gasteiger partial charge in [-0.25, -0.2) is 12.8 Å². The maximum absolute atomic E-state index is 13.3. The fourth-order valence-corrected chi connectivity index (χ4v) is 6.42. The number of amides is 2. The molecule has 0 aliphatic carbocycles. The van der Waals surface area contributed by atoms with Gasteiger partial charge >= 0.3 is 0 Å². The molecule has 0 saturated carbocycles. The zero-order valence-electron chi connectivity index (χ0n) is 22.8. The monoisotopic (exact) mass is 561 g/mol. The first-order chi connectivity index (χ1) is 18.5. The van der Waals surface area contributed by atoms with Crippen molar-refractivity contribution < 1.29 is 22.4 Å². The summed E-state index contributed by atoms with van der Waals surface area (Å²) < 4.78 is 40.0. The number of carbonyl (C=O) groups is 2. The van der Waals surface area contributed by atoms with Gasteiger partial charge in [0, 0.05) is 43.3 Å². The van der Waals surface area contributed by atoms with Crippen LogP contribution in [0.15, 0.2) is 54.6 Å². The molecule has 2 amide bonds. The van der Waals surface area contributed by atoms with Crippen molar-refractivity contribution in [2.24, 2.45) is 11.7 Å². The Morgan fingerprint density at radius 3 is 2.31 bits per heavy atom. The van der Waals surface area contributed by atoms with Crippen molar-refractivity contribution in [3.8, 4) is 0 Å². The number of hydrogen-bond donors (Lipinski definition) is 3. The molecule has 0 bridgehead atoms. The fraction of sp³-hybridized carbons (Fsp3) is 0.500. The van der Waals surface area contributed by atoms with Crippen molar-refractivity contribution >= 4 is 27.5 Å². The standard InChI is InChI=1S/C28H40FN5O4S/c1-4-14-34-16-15-33(19-39(34,37)38)21(3)28(36)32-26(18-22-8-6-5-7-9-22)25(30)17-20(2)27(35)31-24-12-10-23(29)11-13-24/h5-13,20-21,25-26H,4,14-19,30H2,1-3H3,(H,31,35)(H,32,36)/t20-,21+,25+,26+/m1/s1. The van der Waals surface area contributed by atoms with Gasteiger partial charge in [-0.3, -0.25) is 14.5 Å². The van der Waals surface area contributed by atoms with Crippen LogP contribution in [0, 0.1) is 11.7 Å². The Morgan fingerprint density at radius 1 is 1.03 bits per heavy atom. The van der Waals surface area contributed by atoms with Crippen LogP contribution in [-0.2, 0) is 26.0 Å². The first-order valence-electron chi connectivity index (χ1n) is 13.4. The Morgan fingerprint density at radius 2 is 1.69 bits per heavy atom. The highest BCUT2D eigenvalue weighted by Gasteiger charge is 2.35. The SMILES string of the molecule is CCCN1CCN([C@@H](C)C(=O)N[C@@H](Cc2ccccc2)[C@@H](N)C[C@@H](C)C(=O)Nc2ccc(F)cc2)CS1(=O)=O. The van der Waals surface area contributed by atoms with Gasteiger partial charge in [-0.2, -0.15) is 4.31 Å². The quantitative estimate of drug-likeness (QED) is 0.366. The number of nitrogens with two attached hydrogens (primary N) is 1. The van der Waals surface area contributed by atoms with Crippen LogP contribution in [0.3, 0.4) is 0 Å². The summed E-state index contributed by atoms with van der Waals surface area (Å²) in [6.07, 6.45) is 1.48. The van der Waals surface area contributed by atoms with E-state index >= 15 is 0 Å². The molecule has 4 N–H and O–H groups in total. The van der Waals surface area contributed by atoms with Crippen LogP contribution in [-0.4, -0.2) is 73.1 Å². The molecule has 214 valence electrons. The lowest BCUT2D eigenvalue weighted by Gasteiger charge is -2.37. The second kappa shape index (κ2) is 14.0. The van der Waals surface area contributed by atoms with E-state index in [1.165, 1.54) is 28.6 Å². The number of halogens is 1. The van der Waals surface area contributed by atoms with Gasteiger partial charge in [0.05, 0.1) is 6.04 Å². The van der Waals surface area contributed by atoms with Crippen LogP contribution in [0.5, 0.6) is 0 Å². The lowest BCUT2D eigenvalue weighted by atomic mass is 9.92. The van der Waals surface area contributed by atoms with Crippen LogP contribution >= 0.6 is 0 Å². The normalized spacial score (nSPS) is 19.0. The molecule has 0 aromatic heterocycles. The number of sulfonamides is 1. The highest BCUT2D eigenvalue weighted by Crippen LogP contribution is 2.18. The van der Waals surface area contributed by atoms with Gasteiger partial charge in [0.1, 0.15) is 11.7 Å². The Bertz CT molecular complexity index is 1200. The summed E-state index contributed by atoms with van der Waals surface area (Å²) in [5, 5.41) is 5.81. The van der Waals surface area contributed by atoms with Crippen molar-refractivity contribution in [3.63, 3.8) is 0 Å². The first-order valence-corrected chi connectivity index (χ1v) is 15.0. The molecule has 1 heterocycles. The predicted octanol–water partition coefficient (Wildman–Crippen LogP) is 2.55. The molecule has 2 aromatic carbocycles. The number of rotatable bonds is 12. The lowest BCUT2D eigenvalue weighted by Crippen LogP contribution is -2.58. The molecule has 0 radical (unpaired) electrons. The first kappa shape index (κ1) is 30.7. The highest BCUT2D eigenvalue weighted by molar-refractivity contribution is 7.89. The third kappa shape index (κ3) is 8.82. The van der Waals surface area contributed by atoms with Gasteiger partial charge in [-0.15, -0.1) is 0 Å². The van der Waals surface area contributed by atoms with E-state index < -0.39 is 39.9 Å². The minimum Gasteiger partial charge on any atom is -0.350 e. The molecule has 0 spiro atoms. The summed E-state index contributed by atoms with van der Waals surface area (Å²) in [5.74, 6) is -1.65. The number of hydrogen-bond acceptors (Lipinski definition) is 6. The van der Waals surface area contributed by atoms with Gasteiger partial charge in [-0.05, 0) is 56.0 Å². The molecule has 1 fully saturated rings. The van der Waals surface area contributed by atoms with Crippen molar-refractivity contribution in [2.75, 3.05) is 30.8 Å². The van der Waals surface area contributed by atoms with E-state index in [-0.39, 0.29) is 17.7 Å². The van der Waals surface area contributed by atoms with Gasteiger partial charge in [0.15, 0.2) is 0 Å². The zero-order chi connectivity index (χ0) is 28.6. The van der Waals surface area contributed by atoms with E-state index in [1.807, 2.05) is 37.3 Å². The summed E-state index contributed by atoms with van der Waals surface area (Å²) in [6.45, 7) is 6.66. The highest BCUT2D eigenvalue weighted by atomic mass is 32.2. The molecule has 1 aliphatic rings. The predicted molar refractivity (Wildman–Crippen MR) is 151 cm³/mol. The van der Waals surface area contributed by atoms with E-state index in [9.17, 15) is 22.4 Å². The van der Waals surface area contributed by atoms with Crippen LogP contribution in [0.4, 0.5) is 10.1 Å². The third-order valence-electron chi connectivity index (χ3n) is 7.09. The topological polar surface area (TPSA) is 125 Å². The molecule has 11 heteroatoms. The number of nitrogens with zero attached hydrogens (tertiary/aromatic N) is 2. The van der Waals surface area contributed by atoms with E-state index in [4.69, 9.17) is 5.73 Å². The molecule has 1 saturated heterocycles. The van der Waals surface area contributed by atoms with Gasteiger partial charge < -0.3 is 16.4 Å². The smallest absolute Gasteiger partial charge is 0.237 e. The summed E-state index contributed by atoms with van der Waals surface area (Å²) in [7, 11) is -3.47. The van der Waals surface area contributed by atoms with Gasteiger partial charge in [-0.1, -0.05) is 44.2 Å². The molecular weight excluding hydrogens is 521 g/mol. The molecule has 2 aromatic rings. The fourth-order valence-electron chi connectivity index (χ4n) is 4.67. The summed E-state index contributed by atoms with van der Waals surface area (Å²) in [6, 6.07) is 13.4. The Kier molecular flexibility index (Phi) is 11.0. The molecule has 1 aliphatic heterocycles. The van der Waals surface area contributed by atoms with Crippen LogP contribution in [0.1, 0.15) is 39.2 Å². The maximum Gasteiger partial charge on any atom is 0.237 e. The van der Waals surface area contributed by atoms with E-state index in [0.717, 1.165) is 12.0 Å². The van der Waals surface area contributed by atoms with E-state index in [1.54, 1.807) is 18.7 Å². The van der Waals surface area contributed by atoms with Gasteiger partial charge in [0.25, 0.3) is 0 Å². The van der Waals surface area contributed by atoms with Crippen LogP contribution in [0.25, 0.3) is 0 Å². The average Bonchev–Trinajstić information content (AvgIpc) is 2.90. The Labute approximate surface area is 231 Å². The minimum absolute atomic E-state index is 0.211. The van der Waals surface area contributed by atoms with Crippen LogP contribution in [0.2, 0.25) is 0 Å². The molecule has 9 nitrogen and oxygen atoms in total. The molecule has 4 atom stereocenters. The summed E-state index contributed by atoms with van der Waals surface area (Å²) in [4.78, 5) is 27.8. The summed E-state index contributed by atoms with van der Waals surface area (Å²) >= 11 is 0. The Balaban J connectivity index is 1.67. The minimum atomic E-state index is -3.47. The second-order valence-corrected chi connectivity index (χ2v) is 12.2. The Hall–Kier alpha value is -2.86. The molecule has 3 rings (SSSR count). The number of benzene rings is 2. The zero-order valence-corrected chi connectivity index (χ0v) is 23.7. The molecular formula is C28H40FN5O4S. The van der Waals surface area contributed by atoms with E-state index in [0.29, 0.717) is 38.2 Å². The largest absolute Gasteiger partial charge is 0.350 e. The van der Waals surface area contributed by atoms with E-state index in [2.05, 4.69) is 10.6 Å². The summed E-state index contributed by atoms with van der Waals surface area (Å²) in [5.41, 5.74) is 8.04. The number of carbonyl (C=O) groups excluding carboxylic acids is 2. The third-order valence-corrected chi connectivity index (χ3v) is 8.90. The van der Waals surface area contributed by atoms with Crippen molar-refractivity contribution in [2.45, 2.75) is 58.2 Å².